The molecule has 9 nitrogen and oxygen atoms in total. The van der Waals surface area contributed by atoms with Gasteiger partial charge in [-0.1, -0.05) is 23.7 Å². The minimum absolute atomic E-state index is 0.0346. The number of benzene rings is 2. The second kappa shape index (κ2) is 7.80. The number of rotatable bonds is 5. The quantitative estimate of drug-likeness (QED) is 0.385. The topological polar surface area (TPSA) is 108 Å². The van der Waals surface area contributed by atoms with E-state index in [0.717, 1.165) is 0 Å². The predicted octanol–water partition coefficient (Wildman–Crippen LogP) is 4.09. The van der Waals surface area contributed by atoms with Crippen molar-refractivity contribution in [3.8, 4) is 16.9 Å². The number of nitro benzene ring substituents is 1. The Labute approximate surface area is 175 Å². The number of amides is 1. The van der Waals surface area contributed by atoms with E-state index < -0.39 is 4.92 Å². The van der Waals surface area contributed by atoms with Crippen LogP contribution in [0.5, 0.6) is 0 Å². The summed E-state index contributed by atoms with van der Waals surface area (Å²) in [5.74, 6) is -0.379. The van der Waals surface area contributed by atoms with E-state index >= 15 is 0 Å². The zero-order chi connectivity index (χ0) is 21.3. The van der Waals surface area contributed by atoms with E-state index in [1.165, 1.54) is 23.0 Å². The maximum Gasteiger partial charge on any atom is 0.269 e. The second-order valence-corrected chi connectivity index (χ2v) is 6.86. The molecule has 4 rings (SSSR count). The number of para-hydroxylation sites is 1. The van der Waals surface area contributed by atoms with Crippen LogP contribution in [0.25, 0.3) is 16.9 Å². The Morgan fingerprint density at radius 1 is 1.13 bits per heavy atom. The molecule has 0 spiro atoms. The molecule has 30 heavy (non-hydrogen) atoms. The highest BCUT2D eigenvalue weighted by atomic mass is 35.5. The van der Waals surface area contributed by atoms with Gasteiger partial charge in [-0.3, -0.25) is 19.6 Å². The van der Waals surface area contributed by atoms with Crippen molar-refractivity contribution in [3.05, 3.63) is 87.8 Å². The van der Waals surface area contributed by atoms with Gasteiger partial charge in [0.15, 0.2) is 0 Å². The SMILES string of the molecule is Cn1cc(C(=O)Nc2cnn(-c3ccccc3Cl)c2)c(-c2ccc([N+](=O)[O-])cc2)n1. The van der Waals surface area contributed by atoms with Crippen LogP contribution in [0.4, 0.5) is 11.4 Å². The zero-order valence-corrected chi connectivity index (χ0v) is 16.4. The number of aryl methyl sites for hydroxylation is 1. The molecule has 0 radical (unpaired) electrons. The van der Waals surface area contributed by atoms with Gasteiger partial charge >= 0.3 is 0 Å². The third-order valence-electron chi connectivity index (χ3n) is 4.36. The molecule has 1 amide bonds. The molecule has 2 aromatic carbocycles. The third kappa shape index (κ3) is 3.78. The second-order valence-electron chi connectivity index (χ2n) is 6.45. The highest BCUT2D eigenvalue weighted by Crippen LogP contribution is 2.26. The lowest BCUT2D eigenvalue weighted by atomic mass is 10.1. The van der Waals surface area contributed by atoms with Crippen LogP contribution in [0.1, 0.15) is 10.4 Å². The fourth-order valence-corrected chi connectivity index (χ4v) is 3.19. The average molecular weight is 423 g/mol. The lowest BCUT2D eigenvalue weighted by Crippen LogP contribution is -2.11. The van der Waals surface area contributed by atoms with Gasteiger partial charge in [-0.05, 0) is 24.3 Å². The van der Waals surface area contributed by atoms with E-state index in [-0.39, 0.29) is 11.6 Å². The number of aromatic nitrogens is 4. The molecule has 0 saturated heterocycles. The summed E-state index contributed by atoms with van der Waals surface area (Å²) in [6.45, 7) is 0. The summed E-state index contributed by atoms with van der Waals surface area (Å²) >= 11 is 6.19. The number of non-ortho nitro benzene ring substituents is 1. The summed E-state index contributed by atoms with van der Waals surface area (Å²) in [7, 11) is 1.70. The van der Waals surface area contributed by atoms with E-state index in [0.29, 0.717) is 33.2 Å². The van der Waals surface area contributed by atoms with Crippen molar-refractivity contribution >= 4 is 28.9 Å². The Balaban J connectivity index is 1.59. The summed E-state index contributed by atoms with van der Waals surface area (Å²) in [6, 6.07) is 13.1. The van der Waals surface area contributed by atoms with Gasteiger partial charge in [-0.2, -0.15) is 10.2 Å². The molecular formula is C20H15ClN6O3. The van der Waals surface area contributed by atoms with Gasteiger partial charge in [-0.25, -0.2) is 4.68 Å². The number of hydrogen-bond donors (Lipinski definition) is 1. The maximum absolute atomic E-state index is 12.9. The van der Waals surface area contributed by atoms with E-state index in [4.69, 9.17) is 11.6 Å². The zero-order valence-electron chi connectivity index (χ0n) is 15.7. The average Bonchev–Trinajstić information content (AvgIpc) is 3.35. The predicted molar refractivity (Wildman–Crippen MR) is 112 cm³/mol. The third-order valence-corrected chi connectivity index (χ3v) is 4.68. The van der Waals surface area contributed by atoms with Crippen LogP contribution in [-0.2, 0) is 7.05 Å². The van der Waals surface area contributed by atoms with E-state index in [9.17, 15) is 14.9 Å². The van der Waals surface area contributed by atoms with Gasteiger partial charge in [0, 0.05) is 30.9 Å². The molecule has 2 heterocycles. The molecule has 0 unspecified atom stereocenters. The molecule has 4 aromatic rings. The number of hydrogen-bond acceptors (Lipinski definition) is 5. The fourth-order valence-electron chi connectivity index (χ4n) is 2.96. The first-order chi connectivity index (χ1) is 14.4. The van der Waals surface area contributed by atoms with Crippen molar-refractivity contribution in [2.45, 2.75) is 0 Å². The minimum Gasteiger partial charge on any atom is -0.319 e. The van der Waals surface area contributed by atoms with Crippen molar-refractivity contribution in [2.24, 2.45) is 7.05 Å². The van der Waals surface area contributed by atoms with Crippen molar-refractivity contribution in [1.29, 1.82) is 0 Å². The van der Waals surface area contributed by atoms with Crippen LogP contribution in [0.2, 0.25) is 5.02 Å². The molecule has 0 saturated carbocycles. The first kappa shape index (κ1) is 19.3. The van der Waals surface area contributed by atoms with Crippen LogP contribution in [0, 0.1) is 10.1 Å². The monoisotopic (exact) mass is 422 g/mol. The van der Waals surface area contributed by atoms with E-state index in [1.807, 2.05) is 18.2 Å². The Bertz CT molecular complexity index is 1250. The highest BCUT2D eigenvalue weighted by Gasteiger charge is 2.19. The number of nitrogens with zero attached hydrogens (tertiary/aromatic N) is 5. The van der Waals surface area contributed by atoms with Crippen LogP contribution in [0.3, 0.4) is 0 Å². The molecule has 0 fully saturated rings. The van der Waals surface area contributed by atoms with Crippen molar-refractivity contribution in [2.75, 3.05) is 5.32 Å². The summed E-state index contributed by atoms with van der Waals surface area (Å²) in [6.07, 6.45) is 4.76. The first-order valence-electron chi connectivity index (χ1n) is 8.82. The molecule has 0 aliphatic carbocycles. The molecule has 2 aromatic heterocycles. The Morgan fingerprint density at radius 3 is 2.57 bits per heavy atom. The van der Waals surface area contributed by atoms with Crippen LogP contribution in [-0.4, -0.2) is 30.4 Å². The van der Waals surface area contributed by atoms with Crippen molar-refractivity contribution in [3.63, 3.8) is 0 Å². The lowest BCUT2D eigenvalue weighted by molar-refractivity contribution is -0.384. The van der Waals surface area contributed by atoms with Gasteiger partial charge in [0.1, 0.15) is 5.69 Å². The standard InChI is InChI=1S/C20H15ClN6O3/c1-25-12-16(19(24-25)13-6-8-15(9-7-13)27(29)30)20(28)23-14-10-22-26(11-14)18-5-3-2-4-17(18)21/h2-12H,1H3,(H,23,28). The van der Waals surface area contributed by atoms with Gasteiger partial charge in [0.05, 0.1) is 39.3 Å². The summed E-state index contributed by atoms with van der Waals surface area (Å²) < 4.78 is 3.08. The molecular weight excluding hydrogens is 408 g/mol. The van der Waals surface area contributed by atoms with Crippen molar-refractivity contribution < 1.29 is 9.72 Å². The largest absolute Gasteiger partial charge is 0.319 e. The van der Waals surface area contributed by atoms with Crippen LogP contribution >= 0.6 is 11.6 Å². The van der Waals surface area contributed by atoms with E-state index in [2.05, 4.69) is 15.5 Å². The molecule has 0 aliphatic heterocycles. The number of halogens is 1. The minimum atomic E-state index is -0.480. The summed E-state index contributed by atoms with van der Waals surface area (Å²) in [4.78, 5) is 23.3. The smallest absolute Gasteiger partial charge is 0.269 e. The molecule has 0 atom stereocenters. The summed E-state index contributed by atoms with van der Waals surface area (Å²) in [5, 5.41) is 22.8. The number of anilines is 1. The van der Waals surface area contributed by atoms with Gasteiger partial charge in [0.25, 0.3) is 11.6 Å². The van der Waals surface area contributed by atoms with Gasteiger partial charge < -0.3 is 5.32 Å². The Morgan fingerprint density at radius 2 is 1.87 bits per heavy atom. The van der Waals surface area contributed by atoms with Gasteiger partial charge in [0.2, 0.25) is 0 Å². The fraction of sp³-hybridized carbons (Fsp3) is 0.0500. The highest BCUT2D eigenvalue weighted by molar-refractivity contribution is 6.32. The van der Waals surface area contributed by atoms with Crippen molar-refractivity contribution in [1.82, 2.24) is 19.6 Å². The number of carbonyl (C=O) groups excluding carboxylic acids is 1. The number of nitro groups is 1. The first-order valence-corrected chi connectivity index (χ1v) is 9.19. The Kier molecular flexibility index (Phi) is 5.03. The normalized spacial score (nSPS) is 10.7. The number of carbonyl (C=O) groups is 1. The molecule has 1 N–H and O–H groups in total. The van der Waals surface area contributed by atoms with E-state index in [1.54, 1.807) is 42.3 Å². The Hall–Kier alpha value is -3.98. The van der Waals surface area contributed by atoms with Gasteiger partial charge in [-0.15, -0.1) is 0 Å². The molecule has 10 heteroatoms. The van der Waals surface area contributed by atoms with Crippen LogP contribution < -0.4 is 5.32 Å². The lowest BCUT2D eigenvalue weighted by Gasteiger charge is -2.04. The molecule has 150 valence electrons. The molecule has 0 aliphatic rings. The molecule has 0 bridgehead atoms. The maximum atomic E-state index is 12.9. The van der Waals surface area contributed by atoms with Crippen LogP contribution in [0.15, 0.2) is 67.1 Å². The summed E-state index contributed by atoms with van der Waals surface area (Å²) in [5.41, 5.74) is 2.48. The number of nitrogens with one attached hydrogen (secondary N) is 1.